The summed E-state index contributed by atoms with van der Waals surface area (Å²) in [6.45, 7) is 2.83. The molecule has 0 spiro atoms. The maximum Gasteiger partial charge on any atom is 0.0558 e. The molecule has 0 saturated carbocycles. The zero-order valence-corrected chi connectivity index (χ0v) is 6.71. The summed E-state index contributed by atoms with van der Waals surface area (Å²) in [7, 11) is 2.01. The van der Waals surface area contributed by atoms with Crippen molar-refractivity contribution >= 4 is 0 Å². The van der Waals surface area contributed by atoms with Crippen molar-refractivity contribution in [3.05, 3.63) is 0 Å². The largest absolute Gasteiger partial charge is 0.395 e. The fourth-order valence-corrected chi connectivity index (χ4v) is 0.809. The molecule has 0 atom stereocenters. The van der Waals surface area contributed by atoms with E-state index in [-0.39, 0.29) is 6.61 Å². The quantitative estimate of drug-likeness (QED) is 0.504. The molecule has 0 radical (unpaired) electrons. The van der Waals surface area contributed by atoms with Gasteiger partial charge in [0.25, 0.3) is 0 Å². The van der Waals surface area contributed by atoms with E-state index >= 15 is 0 Å². The van der Waals surface area contributed by atoms with Crippen LogP contribution in [0.4, 0.5) is 0 Å². The van der Waals surface area contributed by atoms with E-state index in [1.165, 1.54) is 0 Å². The number of nitrogens with two attached hydrogens (primary N) is 1. The summed E-state index contributed by atoms with van der Waals surface area (Å²) in [6, 6.07) is 0. The van der Waals surface area contributed by atoms with Crippen LogP contribution in [0.3, 0.4) is 0 Å². The van der Waals surface area contributed by atoms with E-state index in [0.717, 1.165) is 32.5 Å². The molecule has 10 heavy (non-hydrogen) atoms. The second kappa shape index (κ2) is 6.99. The zero-order valence-electron chi connectivity index (χ0n) is 6.71. The number of unbranched alkanes of at least 4 members (excludes halogenated alkanes) is 1. The summed E-state index contributed by atoms with van der Waals surface area (Å²) in [4.78, 5) is 2.11. The molecule has 0 rings (SSSR count). The van der Waals surface area contributed by atoms with E-state index in [4.69, 9.17) is 10.8 Å². The summed E-state index contributed by atoms with van der Waals surface area (Å²) in [5.74, 6) is 0. The molecular formula is C7H18N2O. The van der Waals surface area contributed by atoms with Gasteiger partial charge in [0.05, 0.1) is 6.61 Å². The molecule has 0 aliphatic heterocycles. The molecular weight excluding hydrogens is 128 g/mol. The first-order valence-electron chi connectivity index (χ1n) is 3.80. The lowest BCUT2D eigenvalue weighted by Crippen LogP contribution is -2.23. The summed E-state index contributed by atoms with van der Waals surface area (Å²) in [5.41, 5.74) is 5.32. The van der Waals surface area contributed by atoms with Crippen LogP contribution in [0.5, 0.6) is 0 Å². The molecule has 0 heterocycles. The van der Waals surface area contributed by atoms with Gasteiger partial charge in [-0.1, -0.05) is 0 Å². The molecule has 0 aliphatic carbocycles. The van der Waals surface area contributed by atoms with E-state index in [1.807, 2.05) is 7.05 Å². The van der Waals surface area contributed by atoms with Crippen molar-refractivity contribution in [2.24, 2.45) is 5.73 Å². The Morgan fingerprint density at radius 1 is 1.30 bits per heavy atom. The number of aliphatic hydroxyl groups excluding tert-OH is 1. The van der Waals surface area contributed by atoms with Gasteiger partial charge in [0.1, 0.15) is 0 Å². The first-order valence-corrected chi connectivity index (χ1v) is 3.80. The Morgan fingerprint density at radius 2 is 2.00 bits per heavy atom. The lowest BCUT2D eigenvalue weighted by atomic mass is 10.3. The molecule has 0 aliphatic rings. The lowest BCUT2D eigenvalue weighted by molar-refractivity contribution is 0.219. The average molecular weight is 146 g/mol. The molecule has 0 aromatic heterocycles. The topological polar surface area (TPSA) is 49.5 Å². The summed E-state index contributed by atoms with van der Waals surface area (Å²) >= 11 is 0. The molecule has 0 bridgehead atoms. The van der Waals surface area contributed by atoms with Gasteiger partial charge in [-0.15, -0.1) is 0 Å². The standard InChI is InChI=1S/C7H18N2O/c1-9(6-7-10)5-3-2-4-8/h10H,2-8H2,1H3. The van der Waals surface area contributed by atoms with Crippen LogP contribution in [0.15, 0.2) is 0 Å². The number of rotatable bonds is 6. The van der Waals surface area contributed by atoms with Crippen LogP contribution in [0, 0.1) is 0 Å². The maximum absolute atomic E-state index is 8.53. The van der Waals surface area contributed by atoms with Gasteiger partial charge in [-0.3, -0.25) is 0 Å². The van der Waals surface area contributed by atoms with Crippen molar-refractivity contribution in [3.8, 4) is 0 Å². The summed E-state index contributed by atoms with van der Waals surface area (Å²) in [5, 5.41) is 8.53. The minimum atomic E-state index is 0.249. The molecule has 0 amide bonds. The molecule has 0 aromatic rings. The maximum atomic E-state index is 8.53. The molecule has 3 N–H and O–H groups in total. The molecule has 3 nitrogen and oxygen atoms in total. The predicted molar refractivity (Wildman–Crippen MR) is 42.9 cm³/mol. The van der Waals surface area contributed by atoms with Gasteiger partial charge in [-0.05, 0) is 33.0 Å². The third kappa shape index (κ3) is 6.01. The van der Waals surface area contributed by atoms with Gasteiger partial charge in [-0.25, -0.2) is 0 Å². The van der Waals surface area contributed by atoms with Crippen molar-refractivity contribution in [1.29, 1.82) is 0 Å². The smallest absolute Gasteiger partial charge is 0.0558 e. The highest BCUT2D eigenvalue weighted by molar-refractivity contribution is 4.50. The van der Waals surface area contributed by atoms with Crippen LogP contribution >= 0.6 is 0 Å². The van der Waals surface area contributed by atoms with Gasteiger partial charge in [0.2, 0.25) is 0 Å². The third-order valence-electron chi connectivity index (χ3n) is 1.48. The minimum Gasteiger partial charge on any atom is -0.395 e. The third-order valence-corrected chi connectivity index (χ3v) is 1.48. The van der Waals surface area contributed by atoms with Crippen LogP contribution in [0.25, 0.3) is 0 Å². The van der Waals surface area contributed by atoms with Crippen LogP contribution in [-0.2, 0) is 0 Å². The number of hydrogen-bond donors (Lipinski definition) is 2. The van der Waals surface area contributed by atoms with Crippen LogP contribution in [0.1, 0.15) is 12.8 Å². The predicted octanol–water partition coefficient (Wildman–Crippen LogP) is -0.351. The van der Waals surface area contributed by atoms with E-state index in [2.05, 4.69) is 4.90 Å². The number of hydrogen-bond acceptors (Lipinski definition) is 3. The first kappa shape index (κ1) is 9.88. The second-order valence-corrected chi connectivity index (χ2v) is 2.52. The Hall–Kier alpha value is -0.120. The Bertz CT molecular complexity index is 68.6. The van der Waals surface area contributed by atoms with Crippen LogP contribution in [-0.4, -0.2) is 43.3 Å². The van der Waals surface area contributed by atoms with Gasteiger partial charge >= 0.3 is 0 Å². The highest BCUT2D eigenvalue weighted by atomic mass is 16.3. The molecule has 0 saturated heterocycles. The molecule has 0 fully saturated rings. The van der Waals surface area contributed by atoms with E-state index in [9.17, 15) is 0 Å². The fourth-order valence-electron chi connectivity index (χ4n) is 0.809. The van der Waals surface area contributed by atoms with Gasteiger partial charge in [-0.2, -0.15) is 0 Å². The van der Waals surface area contributed by atoms with E-state index in [1.54, 1.807) is 0 Å². The Labute approximate surface area is 62.8 Å². The van der Waals surface area contributed by atoms with Crippen LogP contribution in [0.2, 0.25) is 0 Å². The molecule has 3 heteroatoms. The lowest BCUT2D eigenvalue weighted by Gasteiger charge is -2.13. The summed E-state index contributed by atoms with van der Waals surface area (Å²) in [6.07, 6.45) is 2.21. The summed E-state index contributed by atoms with van der Waals surface area (Å²) < 4.78 is 0. The van der Waals surface area contributed by atoms with Gasteiger partial charge in [0, 0.05) is 6.54 Å². The zero-order chi connectivity index (χ0) is 7.82. The Morgan fingerprint density at radius 3 is 2.50 bits per heavy atom. The molecule has 0 aromatic carbocycles. The van der Waals surface area contributed by atoms with Crippen molar-refractivity contribution in [2.45, 2.75) is 12.8 Å². The van der Waals surface area contributed by atoms with Crippen molar-refractivity contribution < 1.29 is 5.11 Å². The Kier molecular flexibility index (Phi) is 6.91. The molecule has 62 valence electrons. The van der Waals surface area contributed by atoms with Crippen molar-refractivity contribution in [2.75, 3.05) is 33.3 Å². The second-order valence-electron chi connectivity index (χ2n) is 2.52. The normalized spacial score (nSPS) is 10.8. The van der Waals surface area contributed by atoms with Crippen molar-refractivity contribution in [1.82, 2.24) is 4.90 Å². The minimum absolute atomic E-state index is 0.249. The Balaban J connectivity index is 2.97. The van der Waals surface area contributed by atoms with Gasteiger partial charge in [0.15, 0.2) is 0 Å². The molecule has 0 unspecified atom stereocenters. The number of aliphatic hydroxyl groups is 1. The first-order chi connectivity index (χ1) is 4.81. The van der Waals surface area contributed by atoms with Crippen molar-refractivity contribution in [3.63, 3.8) is 0 Å². The monoisotopic (exact) mass is 146 g/mol. The van der Waals surface area contributed by atoms with E-state index < -0.39 is 0 Å². The van der Waals surface area contributed by atoms with Crippen LogP contribution < -0.4 is 5.73 Å². The SMILES string of the molecule is CN(CCO)CCCCN. The number of likely N-dealkylation sites (N-methyl/N-ethyl adjacent to an activating group) is 1. The van der Waals surface area contributed by atoms with E-state index in [0.29, 0.717) is 0 Å². The number of nitrogens with zero attached hydrogens (tertiary/aromatic N) is 1. The van der Waals surface area contributed by atoms with Gasteiger partial charge < -0.3 is 15.7 Å². The average Bonchev–Trinajstić information content (AvgIpc) is 1.89. The highest BCUT2D eigenvalue weighted by Crippen LogP contribution is 1.89. The fraction of sp³-hybridized carbons (Fsp3) is 1.00. The highest BCUT2D eigenvalue weighted by Gasteiger charge is 1.94.